The molecular weight excluding hydrogens is 296 g/mol. The summed E-state index contributed by atoms with van der Waals surface area (Å²) in [7, 11) is 0. The zero-order valence-corrected chi connectivity index (χ0v) is 12.8. The summed E-state index contributed by atoms with van der Waals surface area (Å²) in [4.78, 5) is 36.8. The van der Waals surface area contributed by atoms with Crippen LogP contribution in [0.25, 0.3) is 0 Å². The third-order valence-electron chi connectivity index (χ3n) is 5.48. The molecule has 0 spiro atoms. The molecule has 23 heavy (non-hydrogen) atoms. The minimum absolute atomic E-state index is 0.00933. The van der Waals surface area contributed by atoms with E-state index in [2.05, 4.69) is 0 Å². The van der Waals surface area contributed by atoms with Crippen molar-refractivity contribution in [3.63, 3.8) is 0 Å². The molecule has 2 bridgehead atoms. The van der Waals surface area contributed by atoms with Crippen LogP contribution in [0.1, 0.15) is 30.1 Å². The van der Waals surface area contributed by atoms with Gasteiger partial charge in [-0.3, -0.25) is 14.4 Å². The lowest BCUT2D eigenvalue weighted by atomic mass is 9.80. The van der Waals surface area contributed by atoms with Crippen LogP contribution >= 0.6 is 0 Å². The zero-order valence-electron chi connectivity index (χ0n) is 12.8. The second kappa shape index (κ2) is 5.18. The van der Waals surface area contributed by atoms with E-state index in [1.807, 2.05) is 6.07 Å². The molecule has 1 saturated heterocycles. The van der Waals surface area contributed by atoms with Crippen LogP contribution in [0.3, 0.4) is 0 Å². The molecular formula is C18H18O5. The Bertz CT molecular complexity index is 665. The molecule has 120 valence electrons. The van der Waals surface area contributed by atoms with Gasteiger partial charge in [0.25, 0.3) is 0 Å². The predicted octanol–water partition coefficient (Wildman–Crippen LogP) is 2.00. The number of hydrogen-bond acceptors (Lipinski definition) is 5. The first-order valence-corrected chi connectivity index (χ1v) is 8.06. The summed E-state index contributed by atoms with van der Waals surface area (Å²) >= 11 is 0. The highest BCUT2D eigenvalue weighted by Gasteiger charge is 2.64. The van der Waals surface area contributed by atoms with Gasteiger partial charge in [0.15, 0.2) is 6.10 Å². The fraction of sp³-hybridized carbons (Fsp3) is 0.500. The Morgan fingerprint density at radius 3 is 2.70 bits per heavy atom. The van der Waals surface area contributed by atoms with Crippen LogP contribution in [0.2, 0.25) is 0 Å². The Morgan fingerprint density at radius 2 is 1.96 bits per heavy atom. The van der Waals surface area contributed by atoms with Gasteiger partial charge in [-0.15, -0.1) is 0 Å². The Morgan fingerprint density at radius 1 is 1.22 bits per heavy atom. The molecule has 6 atom stereocenters. The Kier molecular flexibility index (Phi) is 3.25. The molecule has 5 heteroatoms. The van der Waals surface area contributed by atoms with Crippen LogP contribution < -0.4 is 0 Å². The van der Waals surface area contributed by atoms with E-state index < -0.39 is 18.0 Å². The highest BCUT2D eigenvalue weighted by Crippen LogP contribution is 2.57. The lowest BCUT2D eigenvalue weighted by Gasteiger charge is -2.24. The highest BCUT2D eigenvalue weighted by molar-refractivity contribution is 6.00. The topological polar surface area (TPSA) is 69.7 Å². The predicted molar refractivity (Wildman–Crippen MR) is 79.4 cm³/mol. The zero-order chi connectivity index (χ0) is 16.1. The number of Topliss-reactive ketones (excluding diaryl/α,β-unsaturated/α-hetero) is 1. The number of carbonyl (C=O) groups excluding carboxylic acids is 3. The first-order chi connectivity index (χ1) is 11.1. The van der Waals surface area contributed by atoms with Gasteiger partial charge in [-0.2, -0.15) is 0 Å². The van der Waals surface area contributed by atoms with Crippen LogP contribution in [0.15, 0.2) is 30.3 Å². The maximum atomic E-state index is 12.5. The van der Waals surface area contributed by atoms with E-state index >= 15 is 0 Å². The van der Waals surface area contributed by atoms with E-state index in [0.717, 1.165) is 12.8 Å². The molecule has 0 amide bonds. The third kappa shape index (κ3) is 2.18. The molecule has 1 heterocycles. The van der Waals surface area contributed by atoms with Gasteiger partial charge in [-0.05, 0) is 25.7 Å². The fourth-order valence-electron chi connectivity index (χ4n) is 4.47. The number of rotatable bonds is 4. The monoisotopic (exact) mass is 314 g/mol. The van der Waals surface area contributed by atoms with Crippen molar-refractivity contribution < 1.29 is 23.9 Å². The number of benzene rings is 1. The van der Waals surface area contributed by atoms with Crippen molar-refractivity contribution in [2.45, 2.75) is 32.0 Å². The first kappa shape index (κ1) is 14.4. The average Bonchev–Trinajstić information content (AvgIpc) is 3.16. The summed E-state index contributed by atoms with van der Waals surface area (Å²) in [5, 5.41) is 0. The number of hydrogen-bond donors (Lipinski definition) is 0. The molecule has 5 nitrogen and oxygen atoms in total. The van der Waals surface area contributed by atoms with E-state index in [1.54, 1.807) is 31.2 Å². The van der Waals surface area contributed by atoms with Gasteiger partial charge in [0.2, 0.25) is 5.78 Å². The fourth-order valence-corrected chi connectivity index (χ4v) is 4.47. The summed E-state index contributed by atoms with van der Waals surface area (Å²) in [6.07, 6.45) is 0.734. The molecule has 2 saturated carbocycles. The number of carbonyl (C=O) groups is 3. The molecule has 0 unspecified atom stereocenters. The van der Waals surface area contributed by atoms with Gasteiger partial charge in [0.1, 0.15) is 6.10 Å². The minimum Gasteiger partial charge on any atom is -0.462 e. The van der Waals surface area contributed by atoms with E-state index in [-0.39, 0.29) is 35.6 Å². The van der Waals surface area contributed by atoms with Crippen LogP contribution in [0.4, 0.5) is 0 Å². The van der Waals surface area contributed by atoms with Gasteiger partial charge < -0.3 is 9.47 Å². The van der Waals surface area contributed by atoms with Crippen molar-refractivity contribution in [3.05, 3.63) is 35.9 Å². The normalized spacial score (nSPS) is 35.0. The molecule has 0 aromatic heterocycles. The van der Waals surface area contributed by atoms with E-state index in [9.17, 15) is 14.4 Å². The maximum Gasteiger partial charge on any atom is 0.310 e. The van der Waals surface area contributed by atoms with Crippen molar-refractivity contribution in [3.8, 4) is 0 Å². The van der Waals surface area contributed by atoms with Crippen LogP contribution in [0, 0.1) is 23.7 Å². The maximum absolute atomic E-state index is 12.5. The quantitative estimate of drug-likeness (QED) is 0.628. The average molecular weight is 314 g/mol. The molecule has 0 N–H and O–H groups in total. The van der Waals surface area contributed by atoms with Crippen molar-refractivity contribution in [2.75, 3.05) is 0 Å². The van der Waals surface area contributed by atoms with Gasteiger partial charge in [-0.1, -0.05) is 30.3 Å². The second-order valence-corrected chi connectivity index (χ2v) is 6.73. The largest absolute Gasteiger partial charge is 0.462 e. The molecule has 4 rings (SSSR count). The standard InChI is InChI=1S/C18H18O5/c1-9(16(19)10-5-3-2-4-6-10)22-17(20)14-11-7-12-13(8-11)23-18(21)15(12)14/h2-6,9,11-15H,7-8H2,1H3/t9-,11+,12-,13-,14+,15-/m0/s1. The minimum atomic E-state index is -0.850. The van der Waals surface area contributed by atoms with Gasteiger partial charge in [0, 0.05) is 11.5 Å². The molecule has 1 aliphatic heterocycles. The molecule has 2 aliphatic carbocycles. The lowest BCUT2D eigenvalue weighted by molar-refractivity contribution is -0.157. The molecule has 1 aromatic rings. The molecule has 1 aromatic carbocycles. The van der Waals surface area contributed by atoms with Crippen molar-refractivity contribution in [2.24, 2.45) is 23.7 Å². The smallest absolute Gasteiger partial charge is 0.310 e. The third-order valence-corrected chi connectivity index (χ3v) is 5.48. The Labute approximate surface area is 134 Å². The summed E-state index contributed by atoms with van der Waals surface area (Å²) in [6.45, 7) is 1.58. The van der Waals surface area contributed by atoms with Gasteiger partial charge in [0.05, 0.1) is 11.8 Å². The molecule has 0 radical (unpaired) electrons. The van der Waals surface area contributed by atoms with E-state index in [1.165, 1.54) is 0 Å². The summed E-state index contributed by atoms with van der Waals surface area (Å²) in [5.74, 6) is -1.45. The Balaban J connectivity index is 1.46. The van der Waals surface area contributed by atoms with Crippen molar-refractivity contribution in [1.29, 1.82) is 0 Å². The summed E-state index contributed by atoms with van der Waals surface area (Å²) < 4.78 is 10.7. The highest BCUT2D eigenvalue weighted by atomic mass is 16.6. The lowest BCUT2D eigenvalue weighted by Crippen LogP contribution is -2.36. The summed E-state index contributed by atoms with van der Waals surface area (Å²) in [5.41, 5.74) is 0.515. The number of esters is 2. The molecule has 3 aliphatic rings. The van der Waals surface area contributed by atoms with Crippen molar-refractivity contribution >= 4 is 17.7 Å². The number of ether oxygens (including phenoxy) is 2. The second-order valence-electron chi connectivity index (χ2n) is 6.73. The SMILES string of the molecule is C[C@H](OC(=O)[C@@H]1[C@@H]2C[C@@H]3[C@@H]1C(=O)O[C@H]3C2)C(=O)c1ccccc1. The van der Waals surface area contributed by atoms with Crippen LogP contribution in [-0.2, 0) is 19.1 Å². The van der Waals surface area contributed by atoms with E-state index in [0.29, 0.717) is 5.56 Å². The van der Waals surface area contributed by atoms with E-state index in [4.69, 9.17) is 9.47 Å². The van der Waals surface area contributed by atoms with Gasteiger partial charge >= 0.3 is 11.9 Å². The Hall–Kier alpha value is -2.17. The number of ketones is 1. The first-order valence-electron chi connectivity index (χ1n) is 8.06. The summed E-state index contributed by atoms with van der Waals surface area (Å²) in [6, 6.07) is 8.76. The number of fused-ring (bicyclic) bond motifs is 1. The van der Waals surface area contributed by atoms with Crippen LogP contribution in [-0.4, -0.2) is 29.9 Å². The molecule has 3 fully saturated rings. The van der Waals surface area contributed by atoms with Gasteiger partial charge in [-0.25, -0.2) is 0 Å². The van der Waals surface area contributed by atoms with Crippen molar-refractivity contribution in [1.82, 2.24) is 0 Å². The van der Waals surface area contributed by atoms with Crippen LogP contribution in [0.5, 0.6) is 0 Å².